The Labute approximate surface area is 146 Å². The number of fused-ring (bicyclic) bond motifs is 1. The lowest BCUT2D eigenvalue weighted by atomic mass is 9.80. The first-order valence-electron chi connectivity index (χ1n) is 7.81. The topological polar surface area (TPSA) is 68.4 Å². The van der Waals surface area contributed by atoms with Gasteiger partial charge in [0, 0.05) is 20.7 Å². The van der Waals surface area contributed by atoms with Crippen LogP contribution >= 0.6 is 0 Å². The Hall–Kier alpha value is -2.60. The van der Waals surface area contributed by atoms with Crippen molar-refractivity contribution in [3.63, 3.8) is 0 Å². The average molecular weight is 339 g/mol. The van der Waals surface area contributed by atoms with Gasteiger partial charge in [-0.05, 0) is 35.3 Å². The van der Waals surface area contributed by atoms with Gasteiger partial charge in [-0.3, -0.25) is 0 Å². The van der Waals surface area contributed by atoms with Crippen molar-refractivity contribution in [2.75, 3.05) is 32.2 Å². The van der Waals surface area contributed by atoms with Crippen LogP contribution < -0.4 is 15.1 Å². The number of hydrogen-bond donors (Lipinski definition) is 1. The van der Waals surface area contributed by atoms with Gasteiger partial charge in [0.2, 0.25) is 11.6 Å². The quantitative estimate of drug-likeness (QED) is 0.639. The molecule has 0 fully saturated rings. The standard InChI is InChI=1S/C17H18BN3O4/c1-19-15-6-7-16(20-17(15)21(2)8-9-23-3)25-13-4-5-14-12(10-13)11-24-18(14)22/h4-7,10,22H,8-9,11H2,2-3H3. The van der Waals surface area contributed by atoms with Crippen LogP contribution in [0.3, 0.4) is 0 Å². The summed E-state index contributed by atoms with van der Waals surface area (Å²) in [6, 6.07) is 8.72. The van der Waals surface area contributed by atoms with Gasteiger partial charge < -0.3 is 24.1 Å². The molecule has 1 aliphatic rings. The number of aromatic nitrogens is 1. The Morgan fingerprint density at radius 2 is 2.24 bits per heavy atom. The summed E-state index contributed by atoms with van der Waals surface area (Å²) in [6.45, 7) is 8.80. The highest BCUT2D eigenvalue weighted by Crippen LogP contribution is 2.30. The van der Waals surface area contributed by atoms with Crippen molar-refractivity contribution < 1.29 is 19.2 Å². The van der Waals surface area contributed by atoms with Crippen molar-refractivity contribution in [2.45, 2.75) is 6.61 Å². The monoisotopic (exact) mass is 339 g/mol. The van der Waals surface area contributed by atoms with E-state index in [4.69, 9.17) is 20.7 Å². The molecule has 0 spiro atoms. The molecule has 25 heavy (non-hydrogen) atoms. The summed E-state index contributed by atoms with van der Waals surface area (Å²) in [5.74, 6) is 1.54. The largest absolute Gasteiger partial charge is 0.491 e. The van der Waals surface area contributed by atoms with Crippen molar-refractivity contribution in [3.8, 4) is 11.6 Å². The summed E-state index contributed by atoms with van der Waals surface area (Å²) >= 11 is 0. The van der Waals surface area contributed by atoms with E-state index in [1.165, 1.54) is 0 Å². The van der Waals surface area contributed by atoms with Gasteiger partial charge in [-0.2, -0.15) is 0 Å². The number of pyridine rings is 1. The smallest absolute Gasteiger partial charge is 0.439 e. The molecule has 8 heteroatoms. The highest BCUT2D eigenvalue weighted by molar-refractivity contribution is 6.61. The van der Waals surface area contributed by atoms with Gasteiger partial charge in [0.1, 0.15) is 11.6 Å². The predicted octanol–water partition coefficient (Wildman–Crippen LogP) is 1.72. The number of likely N-dealkylation sites (N-methyl/N-ethyl adjacent to an activating group) is 1. The van der Waals surface area contributed by atoms with E-state index in [-0.39, 0.29) is 0 Å². The van der Waals surface area contributed by atoms with Gasteiger partial charge in [-0.1, -0.05) is 6.07 Å². The maximum atomic E-state index is 9.67. The van der Waals surface area contributed by atoms with Crippen LogP contribution in [-0.4, -0.2) is 44.4 Å². The molecule has 0 saturated carbocycles. The van der Waals surface area contributed by atoms with E-state index in [1.54, 1.807) is 31.4 Å². The summed E-state index contributed by atoms with van der Waals surface area (Å²) in [5, 5.41) is 9.67. The first-order valence-corrected chi connectivity index (χ1v) is 7.81. The molecule has 0 amide bonds. The van der Waals surface area contributed by atoms with Crippen LogP contribution in [0.1, 0.15) is 5.56 Å². The zero-order chi connectivity index (χ0) is 17.8. The molecule has 1 aliphatic heterocycles. The molecular weight excluding hydrogens is 321 g/mol. The first kappa shape index (κ1) is 17.2. The second-order valence-corrected chi connectivity index (χ2v) is 5.64. The van der Waals surface area contributed by atoms with E-state index in [2.05, 4.69) is 9.83 Å². The fourth-order valence-electron chi connectivity index (χ4n) is 2.57. The number of anilines is 1. The summed E-state index contributed by atoms with van der Waals surface area (Å²) < 4.78 is 16.1. The van der Waals surface area contributed by atoms with Crippen molar-refractivity contribution in [1.29, 1.82) is 0 Å². The van der Waals surface area contributed by atoms with Gasteiger partial charge in [0.25, 0.3) is 0 Å². The zero-order valence-corrected chi connectivity index (χ0v) is 14.1. The second-order valence-electron chi connectivity index (χ2n) is 5.64. The molecule has 1 N–H and O–H groups in total. The number of ether oxygens (including phenoxy) is 2. The highest BCUT2D eigenvalue weighted by Gasteiger charge is 2.27. The molecule has 0 saturated heterocycles. The molecule has 7 nitrogen and oxygen atoms in total. The maximum absolute atomic E-state index is 9.67. The third kappa shape index (κ3) is 3.74. The molecule has 2 aromatic rings. The van der Waals surface area contributed by atoms with Crippen LogP contribution in [-0.2, 0) is 16.0 Å². The maximum Gasteiger partial charge on any atom is 0.491 e. The SMILES string of the molecule is [C-]#[N+]c1ccc(Oc2ccc3c(c2)COB3O)nc1N(C)CCOC. The van der Waals surface area contributed by atoms with Crippen LogP contribution in [0, 0.1) is 6.57 Å². The fraction of sp³-hybridized carbons (Fsp3) is 0.294. The number of benzene rings is 1. The molecule has 1 aromatic heterocycles. The van der Waals surface area contributed by atoms with Gasteiger partial charge in [0.05, 0.1) is 19.8 Å². The Morgan fingerprint density at radius 3 is 3.00 bits per heavy atom. The average Bonchev–Trinajstić information content (AvgIpc) is 3.00. The van der Waals surface area contributed by atoms with Crippen molar-refractivity contribution in [1.82, 2.24) is 4.98 Å². The van der Waals surface area contributed by atoms with E-state index in [9.17, 15) is 5.02 Å². The van der Waals surface area contributed by atoms with E-state index in [1.807, 2.05) is 18.0 Å². The molecular formula is C17H18BN3O4. The van der Waals surface area contributed by atoms with Crippen molar-refractivity contribution >= 4 is 24.1 Å². The van der Waals surface area contributed by atoms with E-state index in [0.29, 0.717) is 42.9 Å². The molecule has 1 aromatic carbocycles. The number of hydrogen-bond acceptors (Lipinski definition) is 6. The minimum Gasteiger partial charge on any atom is -0.439 e. The van der Waals surface area contributed by atoms with Crippen molar-refractivity contribution in [2.24, 2.45) is 0 Å². The lowest BCUT2D eigenvalue weighted by Crippen LogP contribution is -2.27. The molecule has 2 heterocycles. The number of nitrogens with zero attached hydrogens (tertiary/aromatic N) is 3. The minimum absolute atomic E-state index is 0.350. The lowest BCUT2D eigenvalue weighted by molar-refractivity contribution is 0.206. The third-order valence-corrected chi connectivity index (χ3v) is 3.94. The van der Waals surface area contributed by atoms with Crippen LogP contribution in [0.4, 0.5) is 11.5 Å². The van der Waals surface area contributed by atoms with Gasteiger partial charge in [-0.25, -0.2) is 9.83 Å². The molecule has 0 aliphatic carbocycles. The Balaban J connectivity index is 1.82. The number of methoxy groups -OCH3 is 1. The first-order chi connectivity index (χ1) is 12.1. The van der Waals surface area contributed by atoms with Crippen LogP contribution in [0.5, 0.6) is 11.6 Å². The Bertz CT molecular complexity index is 809. The molecule has 0 atom stereocenters. The summed E-state index contributed by atoms with van der Waals surface area (Å²) in [5.41, 5.74) is 2.10. The second kappa shape index (κ2) is 7.53. The molecule has 0 unspecified atom stereocenters. The normalized spacial score (nSPS) is 12.6. The molecule has 3 rings (SSSR count). The van der Waals surface area contributed by atoms with Gasteiger partial charge in [-0.15, -0.1) is 0 Å². The number of rotatable bonds is 6. The van der Waals surface area contributed by atoms with E-state index in [0.717, 1.165) is 11.0 Å². The molecule has 0 bridgehead atoms. The fourth-order valence-corrected chi connectivity index (χ4v) is 2.57. The van der Waals surface area contributed by atoms with E-state index < -0.39 is 7.12 Å². The Morgan fingerprint density at radius 1 is 1.40 bits per heavy atom. The Kier molecular flexibility index (Phi) is 5.19. The molecule has 128 valence electrons. The van der Waals surface area contributed by atoms with Crippen molar-refractivity contribution in [3.05, 3.63) is 47.3 Å². The minimum atomic E-state index is -0.874. The zero-order valence-electron chi connectivity index (χ0n) is 14.1. The summed E-state index contributed by atoms with van der Waals surface area (Å²) in [7, 11) is 2.61. The van der Waals surface area contributed by atoms with Crippen LogP contribution in [0.2, 0.25) is 0 Å². The summed E-state index contributed by atoms with van der Waals surface area (Å²) in [6.07, 6.45) is 0. The van der Waals surface area contributed by atoms with Crippen LogP contribution in [0.25, 0.3) is 4.85 Å². The van der Waals surface area contributed by atoms with E-state index >= 15 is 0 Å². The van der Waals surface area contributed by atoms with Gasteiger partial charge in [0.15, 0.2) is 0 Å². The predicted molar refractivity (Wildman–Crippen MR) is 94.6 cm³/mol. The summed E-state index contributed by atoms with van der Waals surface area (Å²) in [4.78, 5) is 9.82. The lowest BCUT2D eigenvalue weighted by Gasteiger charge is -2.19. The van der Waals surface area contributed by atoms with Crippen LogP contribution in [0.15, 0.2) is 30.3 Å². The van der Waals surface area contributed by atoms with Gasteiger partial charge >= 0.3 is 7.12 Å². The molecule has 0 radical (unpaired) electrons. The highest BCUT2D eigenvalue weighted by atomic mass is 16.5. The third-order valence-electron chi connectivity index (χ3n) is 3.94.